The fourth-order valence-electron chi connectivity index (χ4n) is 2.19. The summed E-state index contributed by atoms with van der Waals surface area (Å²) in [5.74, 6) is -0.346. The number of Topliss-reactive ketones (excluding diaryl/α,β-unsaturated/α-hetero) is 2. The summed E-state index contributed by atoms with van der Waals surface area (Å²) in [5.41, 5.74) is 0.201. The Morgan fingerprint density at radius 2 is 1.85 bits per heavy atom. The Hall–Kier alpha value is -2.12. The Balaban J connectivity index is 0.000000412. The van der Waals surface area contributed by atoms with Gasteiger partial charge in [0.25, 0.3) is 6.47 Å². The number of ketones is 2. The molecule has 144 valence electrons. The topological polar surface area (TPSA) is 94.6 Å². The van der Waals surface area contributed by atoms with Gasteiger partial charge in [-0.25, -0.2) is 0 Å². The lowest BCUT2D eigenvalue weighted by atomic mass is 10.1. The summed E-state index contributed by atoms with van der Waals surface area (Å²) in [7, 11) is 0. The van der Waals surface area contributed by atoms with Crippen LogP contribution >= 0.6 is 0 Å². The van der Waals surface area contributed by atoms with E-state index in [4.69, 9.17) is 4.74 Å². The molecule has 1 saturated heterocycles. The van der Waals surface area contributed by atoms with E-state index in [1.807, 2.05) is 20.8 Å². The largest absolute Gasteiger partial charge is 0.462 e. The lowest BCUT2D eigenvalue weighted by molar-refractivity contribution is -0.138. The van der Waals surface area contributed by atoms with E-state index >= 15 is 0 Å². The van der Waals surface area contributed by atoms with Crippen molar-refractivity contribution in [1.82, 2.24) is 10.3 Å². The Morgan fingerprint density at radius 1 is 1.23 bits per heavy atom. The van der Waals surface area contributed by atoms with Crippen LogP contribution in [0.5, 0.6) is 0 Å². The Morgan fingerprint density at radius 3 is 2.35 bits per heavy atom. The molecular formula is C19H28N2O5. The van der Waals surface area contributed by atoms with E-state index in [0.717, 1.165) is 25.9 Å². The Bertz CT molecular complexity index is 563. The van der Waals surface area contributed by atoms with Crippen molar-refractivity contribution in [2.45, 2.75) is 51.7 Å². The quantitative estimate of drug-likeness (QED) is 0.449. The van der Waals surface area contributed by atoms with Crippen LogP contribution < -0.4 is 5.32 Å². The summed E-state index contributed by atoms with van der Waals surface area (Å²) in [5, 5.41) is 3.23. The van der Waals surface area contributed by atoms with Gasteiger partial charge >= 0.3 is 0 Å². The van der Waals surface area contributed by atoms with Gasteiger partial charge < -0.3 is 14.8 Å². The molecule has 0 aromatic carbocycles. The predicted molar refractivity (Wildman–Crippen MR) is 96.9 cm³/mol. The number of ether oxygens (including phenoxy) is 2. The van der Waals surface area contributed by atoms with Crippen molar-refractivity contribution in [3.8, 4) is 0 Å². The average Bonchev–Trinajstić information content (AvgIpc) is 2.61. The molecular weight excluding hydrogens is 336 g/mol. The van der Waals surface area contributed by atoms with Crippen LogP contribution in [0.2, 0.25) is 0 Å². The molecule has 1 aliphatic rings. The van der Waals surface area contributed by atoms with Gasteiger partial charge in [-0.3, -0.25) is 19.4 Å². The summed E-state index contributed by atoms with van der Waals surface area (Å²) in [6, 6.07) is 3.23. The minimum Gasteiger partial charge on any atom is -0.462 e. The van der Waals surface area contributed by atoms with Crippen molar-refractivity contribution in [1.29, 1.82) is 0 Å². The number of rotatable bonds is 7. The molecule has 26 heavy (non-hydrogen) atoms. The van der Waals surface area contributed by atoms with Crippen molar-refractivity contribution in [3.05, 3.63) is 30.1 Å². The van der Waals surface area contributed by atoms with Gasteiger partial charge in [0.1, 0.15) is 12.2 Å². The highest BCUT2D eigenvalue weighted by atomic mass is 16.5. The fourth-order valence-corrected chi connectivity index (χ4v) is 2.19. The second-order valence-corrected chi connectivity index (χ2v) is 6.96. The zero-order valence-electron chi connectivity index (χ0n) is 15.7. The molecule has 7 heteroatoms. The highest BCUT2D eigenvalue weighted by Gasteiger charge is 2.17. The molecule has 0 aliphatic carbocycles. The first-order valence-electron chi connectivity index (χ1n) is 8.70. The third-order valence-corrected chi connectivity index (χ3v) is 3.53. The maximum atomic E-state index is 11.8. The molecule has 0 bridgehead atoms. The standard InChI is InChI=1S/C14H18N2O3.C5H10O2/c17-12(10-19-13-3-7-16-8-4-13)9-14(18)11-1-5-15-6-2-11;1-5(2,3)7-4-6/h1-2,5-6,13,16H,3-4,7-10H2;4H,1-3H3. The van der Waals surface area contributed by atoms with Crippen molar-refractivity contribution in [3.63, 3.8) is 0 Å². The molecule has 2 heterocycles. The minimum absolute atomic E-state index is 0.0293. The van der Waals surface area contributed by atoms with Gasteiger partial charge in [-0.1, -0.05) is 0 Å². The van der Waals surface area contributed by atoms with Crippen LogP contribution in [0.4, 0.5) is 0 Å². The smallest absolute Gasteiger partial charge is 0.293 e. The molecule has 1 N–H and O–H groups in total. The van der Waals surface area contributed by atoms with Gasteiger partial charge in [0.2, 0.25) is 0 Å². The Labute approximate surface area is 154 Å². The molecule has 7 nitrogen and oxygen atoms in total. The summed E-state index contributed by atoms with van der Waals surface area (Å²) in [6.07, 6.45) is 4.97. The summed E-state index contributed by atoms with van der Waals surface area (Å²) in [6.45, 7) is 7.80. The molecule has 1 aromatic heterocycles. The highest BCUT2D eigenvalue weighted by Crippen LogP contribution is 2.08. The fraction of sp³-hybridized carbons (Fsp3) is 0.579. The molecule has 0 radical (unpaired) electrons. The zero-order chi connectivity index (χ0) is 19.4. The number of hydrogen-bond acceptors (Lipinski definition) is 7. The number of carbonyl (C=O) groups is 3. The van der Waals surface area contributed by atoms with Crippen molar-refractivity contribution >= 4 is 18.0 Å². The van der Waals surface area contributed by atoms with Gasteiger partial charge in [0, 0.05) is 18.0 Å². The van der Waals surface area contributed by atoms with E-state index in [1.165, 1.54) is 0 Å². The predicted octanol–water partition coefficient (Wildman–Crippen LogP) is 1.95. The van der Waals surface area contributed by atoms with Gasteiger partial charge in [-0.15, -0.1) is 0 Å². The number of nitrogens with zero attached hydrogens (tertiary/aromatic N) is 1. The van der Waals surface area contributed by atoms with E-state index in [0.29, 0.717) is 12.0 Å². The first-order chi connectivity index (χ1) is 12.3. The molecule has 2 rings (SSSR count). The van der Waals surface area contributed by atoms with Gasteiger partial charge in [0.15, 0.2) is 11.6 Å². The third kappa shape index (κ3) is 10.0. The second kappa shape index (κ2) is 11.5. The molecule has 0 saturated carbocycles. The second-order valence-electron chi connectivity index (χ2n) is 6.96. The SMILES string of the molecule is CC(C)(C)OC=O.O=C(COC1CCNCC1)CC(=O)c1ccncc1. The molecule has 0 amide bonds. The number of aromatic nitrogens is 1. The summed E-state index contributed by atoms with van der Waals surface area (Å²) < 4.78 is 10.1. The maximum Gasteiger partial charge on any atom is 0.293 e. The van der Waals surface area contributed by atoms with Crippen LogP contribution in [-0.2, 0) is 19.1 Å². The normalized spacial score (nSPS) is 14.7. The minimum atomic E-state index is -0.318. The van der Waals surface area contributed by atoms with Gasteiger partial charge in [-0.2, -0.15) is 0 Å². The number of piperidine rings is 1. The van der Waals surface area contributed by atoms with Crippen LogP contribution in [0.15, 0.2) is 24.5 Å². The average molecular weight is 364 g/mol. The number of hydrogen-bond donors (Lipinski definition) is 1. The highest BCUT2D eigenvalue weighted by molar-refractivity contribution is 6.08. The lowest BCUT2D eigenvalue weighted by Gasteiger charge is -2.22. The number of pyridine rings is 1. The van der Waals surface area contributed by atoms with Gasteiger partial charge in [-0.05, 0) is 58.8 Å². The van der Waals surface area contributed by atoms with Crippen LogP contribution in [0.25, 0.3) is 0 Å². The van der Waals surface area contributed by atoms with Crippen LogP contribution in [0, 0.1) is 0 Å². The molecule has 1 aromatic rings. The van der Waals surface area contributed by atoms with E-state index < -0.39 is 0 Å². The van der Waals surface area contributed by atoms with E-state index in [1.54, 1.807) is 24.5 Å². The van der Waals surface area contributed by atoms with E-state index in [9.17, 15) is 14.4 Å². The van der Waals surface area contributed by atoms with Gasteiger partial charge in [0.05, 0.1) is 12.5 Å². The van der Waals surface area contributed by atoms with Crippen LogP contribution in [0.3, 0.4) is 0 Å². The van der Waals surface area contributed by atoms with Crippen molar-refractivity contribution in [2.24, 2.45) is 0 Å². The monoisotopic (exact) mass is 364 g/mol. The number of carbonyl (C=O) groups excluding carboxylic acids is 3. The molecule has 0 unspecified atom stereocenters. The molecule has 1 aliphatic heterocycles. The van der Waals surface area contributed by atoms with E-state index in [-0.39, 0.29) is 36.3 Å². The summed E-state index contributed by atoms with van der Waals surface area (Å²) in [4.78, 5) is 36.9. The third-order valence-electron chi connectivity index (χ3n) is 3.53. The van der Waals surface area contributed by atoms with E-state index in [2.05, 4.69) is 15.0 Å². The Kier molecular flexibility index (Phi) is 9.69. The lowest BCUT2D eigenvalue weighted by Crippen LogP contribution is -2.33. The van der Waals surface area contributed by atoms with Crippen molar-refractivity contribution in [2.75, 3.05) is 19.7 Å². The summed E-state index contributed by atoms with van der Waals surface area (Å²) >= 11 is 0. The molecule has 1 fully saturated rings. The van der Waals surface area contributed by atoms with Crippen molar-refractivity contribution < 1.29 is 23.9 Å². The first-order valence-corrected chi connectivity index (χ1v) is 8.70. The maximum absolute atomic E-state index is 11.8. The first kappa shape index (κ1) is 21.9. The molecule has 0 atom stereocenters. The molecule has 0 spiro atoms. The zero-order valence-corrected chi connectivity index (χ0v) is 15.7. The number of nitrogens with one attached hydrogen (secondary N) is 1. The van der Waals surface area contributed by atoms with Crippen LogP contribution in [0.1, 0.15) is 50.4 Å². The van der Waals surface area contributed by atoms with Crippen LogP contribution in [-0.4, -0.2) is 54.4 Å².